The third-order valence-electron chi connectivity index (χ3n) is 2.29. The molecule has 0 aliphatic heterocycles. The van der Waals surface area contributed by atoms with Gasteiger partial charge in [-0.3, -0.25) is 0 Å². The second-order valence-electron chi connectivity index (χ2n) is 4.22. The quantitative estimate of drug-likeness (QED) is 0.610. The molecule has 14 heavy (non-hydrogen) atoms. The highest BCUT2D eigenvalue weighted by Crippen LogP contribution is 2.14. The van der Waals surface area contributed by atoms with Gasteiger partial charge in [0, 0.05) is 26.3 Å². The summed E-state index contributed by atoms with van der Waals surface area (Å²) in [6.45, 7) is 10.9. The molecule has 86 valence electrons. The van der Waals surface area contributed by atoms with E-state index < -0.39 is 0 Å². The Labute approximate surface area is 88.2 Å². The van der Waals surface area contributed by atoms with E-state index >= 15 is 0 Å². The molecule has 3 heteroatoms. The van der Waals surface area contributed by atoms with Crippen molar-refractivity contribution in [3.8, 4) is 0 Å². The Bertz CT molecular complexity index is 137. The van der Waals surface area contributed by atoms with Gasteiger partial charge < -0.3 is 14.8 Å². The Morgan fingerprint density at radius 3 is 2.50 bits per heavy atom. The summed E-state index contributed by atoms with van der Waals surface area (Å²) in [7, 11) is 1.76. The van der Waals surface area contributed by atoms with E-state index in [9.17, 15) is 0 Å². The maximum atomic E-state index is 5.36. The van der Waals surface area contributed by atoms with Crippen molar-refractivity contribution in [3.63, 3.8) is 0 Å². The lowest BCUT2D eigenvalue weighted by Crippen LogP contribution is -2.37. The molecule has 3 nitrogen and oxygen atoms in total. The smallest absolute Gasteiger partial charge is 0.0637 e. The highest BCUT2D eigenvalue weighted by atomic mass is 16.5. The third kappa shape index (κ3) is 7.30. The van der Waals surface area contributed by atoms with Crippen LogP contribution in [0, 0.1) is 0 Å². The number of hydrogen-bond donors (Lipinski definition) is 1. The molecule has 0 bridgehead atoms. The molecule has 0 radical (unpaired) electrons. The van der Waals surface area contributed by atoms with Gasteiger partial charge in [0.2, 0.25) is 0 Å². The van der Waals surface area contributed by atoms with Gasteiger partial charge in [0.05, 0.1) is 12.2 Å². The van der Waals surface area contributed by atoms with E-state index in [0.717, 1.165) is 26.2 Å². The van der Waals surface area contributed by atoms with E-state index in [0.29, 0.717) is 6.04 Å². The molecule has 0 rings (SSSR count). The van der Waals surface area contributed by atoms with Crippen LogP contribution in [0.2, 0.25) is 0 Å². The molecule has 0 unspecified atom stereocenters. The van der Waals surface area contributed by atoms with Crippen LogP contribution in [0.5, 0.6) is 0 Å². The maximum Gasteiger partial charge on any atom is 0.0637 e. The lowest BCUT2D eigenvalue weighted by atomic mass is 10.00. The Hall–Kier alpha value is -0.120. The van der Waals surface area contributed by atoms with E-state index in [4.69, 9.17) is 9.47 Å². The van der Waals surface area contributed by atoms with Crippen LogP contribution in [-0.2, 0) is 9.47 Å². The molecular weight excluding hydrogens is 178 g/mol. The first-order chi connectivity index (χ1) is 6.52. The molecule has 0 aliphatic carbocycles. The second-order valence-corrected chi connectivity index (χ2v) is 4.22. The first-order valence-electron chi connectivity index (χ1n) is 5.38. The van der Waals surface area contributed by atoms with E-state index in [-0.39, 0.29) is 5.60 Å². The summed E-state index contributed by atoms with van der Waals surface area (Å²) in [6, 6.07) is 0.463. The van der Waals surface area contributed by atoms with Crippen LogP contribution in [-0.4, -0.2) is 38.5 Å². The van der Waals surface area contributed by atoms with E-state index in [1.54, 1.807) is 7.11 Å². The zero-order valence-corrected chi connectivity index (χ0v) is 10.2. The summed E-state index contributed by atoms with van der Waals surface area (Å²) in [5.41, 5.74) is -0.0436. The Morgan fingerprint density at radius 1 is 1.36 bits per heavy atom. The fourth-order valence-electron chi connectivity index (χ4n) is 1.41. The monoisotopic (exact) mass is 203 g/mol. The summed E-state index contributed by atoms with van der Waals surface area (Å²) in [4.78, 5) is 0. The van der Waals surface area contributed by atoms with Crippen LogP contribution in [0.15, 0.2) is 0 Å². The fourth-order valence-corrected chi connectivity index (χ4v) is 1.41. The van der Waals surface area contributed by atoms with Crippen molar-refractivity contribution in [1.82, 2.24) is 5.32 Å². The van der Waals surface area contributed by atoms with Crippen LogP contribution in [0.4, 0.5) is 0 Å². The first-order valence-corrected chi connectivity index (χ1v) is 5.38. The summed E-state index contributed by atoms with van der Waals surface area (Å²) >= 11 is 0. The van der Waals surface area contributed by atoms with Crippen LogP contribution >= 0.6 is 0 Å². The van der Waals surface area contributed by atoms with Gasteiger partial charge in [-0.05, 0) is 34.1 Å². The predicted molar refractivity (Wildman–Crippen MR) is 59.7 cm³/mol. The lowest BCUT2D eigenvalue weighted by molar-refractivity contribution is 0.00796. The van der Waals surface area contributed by atoms with Gasteiger partial charge in [0.25, 0.3) is 0 Å². The van der Waals surface area contributed by atoms with Crippen LogP contribution in [0.3, 0.4) is 0 Å². The van der Waals surface area contributed by atoms with E-state index in [1.165, 1.54) is 0 Å². The third-order valence-corrected chi connectivity index (χ3v) is 2.29. The number of hydrogen-bond acceptors (Lipinski definition) is 3. The molecule has 1 N–H and O–H groups in total. The van der Waals surface area contributed by atoms with E-state index in [2.05, 4.69) is 26.1 Å². The lowest BCUT2D eigenvalue weighted by Gasteiger charge is -2.27. The van der Waals surface area contributed by atoms with Gasteiger partial charge in [-0.1, -0.05) is 0 Å². The fraction of sp³-hybridized carbons (Fsp3) is 1.00. The van der Waals surface area contributed by atoms with Gasteiger partial charge >= 0.3 is 0 Å². The van der Waals surface area contributed by atoms with Crippen molar-refractivity contribution in [2.75, 3.05) is 26.9 Å². The maximum absolute atomic E-state index is 5.36. The normalized spacial score (nSPS) is 14.4. The molecule has 0 fully saturated rings. The summed E-state index contributed by atoms with van der Waals surface area (Å²) in [5, 5.41) is 3.40. The van der Waals surface area contributed by atoms with Crippen molar-refractivity contribution in [2.45, 2.75) is 45.8 Å². The number of nitrogens with one attached hydrogen (secondary N) is 1. The Balaban J connectivity index is 3.49. The molecule has 1 atom stereocenters. The molecule has 0 heterocycles. The summed E-state index contributed by atoms with van der Waals surface area (Å²) in [5.74, 6) is 0. The average Bonchev–Trinajstić information content (AvgIpc) is 2.12. The zero-order valence-electron chi connectivity index (χ0n) is 10.2. The molecule has 0 saturated carbocycles. The number of ether oxygens (including phenoxy) is 2. The van der Waals surface area contributed by atoms with Gasteiger partial charge in [-0.15, -0.1) is 0 Å². The van der Waals surface area contributed by atoms with Crippen molar-refractivity contribution in [2.24, 2.45) is 0 Å². The molecule has 0 amide bonds. The minimum atomic E-state index is -0.0436. The minimum Gasteiger partial charge on any atom is -0.380 e. The SMILES string of the molecule is CCOCCN[C@@H](C)CC(C)(C)OC. The van der Waals surface area contributed by atoms with Crippen molar-refractivity contribution >= 4 is 0 Å². The molecule has 0 aromatic carbocycles. The number of methoxy groups -OCH3 is 1. The molecule has 0 aliphatic rings. The zero-order chi connectivity index (χ0) is 11.0. The molecule has 0 spiro atoms. The minimum absolute atomic E-state index is 0.0436. The Morgan fingerprint density at radius 2 is 2.00 bits per heavy atom. The largest absolute Gasteiger partial charge is 0.380 e. The van der Waals surface area contributed by atoms with Crippen LogP contribution in [0.1, 0.15) is 34.1 Å². The van der Waals surface area contributed by atoms with Gasteiger partial charge in [-0.2, -0.15) is 0 Å². The molecule has 0 aromatic rings. The second kappa shape index (κ2) is 7.21. The van der Waals surface area contributed by atoms with Crippen molar-refractivity contribution in [1.29, 1.82) is 0 Å². The van der Waals surface area contributed by atoms with Gasteiger partial charge in [0.15, 0.2) is 0 Å². The first kappa shape index (κ1) is 13.9. The van der Waals surface area contributed by atoms with Crippen molar-refractivity contribution < 1.29 is 9.47 Å². The van der Waals surface area contributed by atoms with Gasteiger partial charge in [-0.25, -0.2) is 0 Å². The number of rotatable bonds is 8. The summed E-state index contributed by atoms with van der Waals surface area (Å²) < 4.78 is 10.6. The Kier molecular flexibility index (Phi) is 7.15. The van der Waals surface area contributed by atoms with Crippen LogP contribution < -0.4 is 5.32 Å². The molecular formula is C11H25NO2. The van der Waals surface area contributed by atoms with E-state index in [1.807, 2.05) is 6.92 Å². The molecule has 0 aromatic heterocycles. The topological polar surface area (TPSA) is 30.5 Å². The molecule has 0 saturated heterocycles. The van der Waals surface area contributed by atoms with Crippen molar-refractivity contribution in [3.05, 3.63) is 0 Å². The predicted octanol–water partition coefficient (Wildman–Crippen LogP) is 1.82. The average molecular weight is 203 g/mol. The summed E-state index contributed by atoms with van der Waals surface area (Å²) in [6.07, 6.45) is 1.01. The highest BCUT2D eigenvalue weighted by molar-refractivity contribution is 4.75. The standard InChI is InChI=1S/C11H25NO2/c1-6-14-8-7-12-10(2)9-11(3,4)13-5/h10,12H,6-9H2,1-5H3/t10-/m0/s1. The highest BCUT2D eigenvalue weighted by Gasteiger charge is 2.19. The van der Waals surface area contributed by atoms with Crippen LogP contribution in [0.25, 0.3) is 0 Å². The van der Waals surface area contributed by atoms with Gasteiger partial charge in [0.1, 0.15) is 0 Å².